The number of furan rings is 1. The topological polar surface area (TPSA) is 183 Å². The molecule has 2 amide bonds. The normalized spacial score (nSPS) is 20.0. The lowest BCUT2D eigenvalue weighted by molar-refractivity contribution is -0.669. The van der Waals surface area contributed by atoms with Gasteiger partial charge in [0.25, 0.3) is 11.8 Å². The second kappa shape index (κ2) is 8.79. The number of nitrogen functional groups attached to an aromatic ring is 1. The van der Waals surface area contributed by atoms with Gasteiger partial charge in [-0.05, 0) is 12.1 Å². The Kier molecular flexibility index (Phi) is 5.64. The number of oxime groups is 1. The van der Waals surface area contributed by atoms with E-state index in [0.29, 0.717) is 17.0 Å². The van der Waals surface area contributed by atoms with Gasteiger partial charge in [0, 0.05) is 23.5 Å². The summed E-state index contributed by atoms with van der Waals surface area (Å²) in [5.74, 6) is -2.30. The van der Waals surface area contributed by atoms with Crippen LogP contribution in [-0.4, -0.2) is 62.9 Å². The first-order valence-corrected chi connectivity index (χ1v) is 11.4. The molecule has 1 fully saturated rings. The van der Waals surface area contributed by atoms with Gasteiger partial charge in [0.2, 0.25) is 0 Å². The first-order chi connectivity index (χ1) is 16.9. The molecule has 2 atom stereocenters. The summed E-state index contributed by atoms with van der Waals surface area (Å²) in [4.78, 5) is 43.8. The summed E-state index contributed by atoms with van der Waals surface area (Å²) in [5, 5.41) is 24.9. The van der Waals surface area contributed by atoms with Gasteiger partial charge in [-0.15, -0.1) is 11.8 Å². The zero-order chi connectivity index (χ0) is 24.7. The summed E-state index contributed by atoms with van der Waals surface area (Å²) >= 11 is 1.33. The predicted octanol–water partition coefficient (Wildman–Crippen LogP) is -1.52. The van der Waals surface area contributed by atoms with Crippen LogP contribution in [0.25, 0.3) is 11.1 Å². The molecule has 4 N–H and O–H groups in total. The van der Waals surface area contributed by atoms with E-state index in [4.69, 9.17) is 15.0 Å². The molecule has 5 rings (SSSR count). The van der Waals surface area contributed by atoms with E-state index in [9.17, 15) is 19.5 Å². The number of pyridine rings is 1. The van der Waals surface area contributed by atoms with E-state index in [1.165, 1.54) is 24.9 Å². The molecule has 13 nitrogen and oxygen atoms in total. The number of aliphatic carboxylic acids is 1. The Balaban J connectivity index is 1.38. The molecular weight excluding hydrogens is 478 g/mol. The number of aromatic amines is 1. The number of rotatable bonds is 7. The first kappa shape index (κ1) is 22.5. The molecule has 2 aliphatic rings. The predicted molar refractivity (Wildman–Crippen MR) is 120 cm³/mol. The minimum absolute atomic E-state index is 0.143. The number of β-lactam (4-membered cyclic amide) rings is 1. The SMILES string of the molecule is CO/N=C(\C(=O)NC1C(=O)N2C(C(=O)[O-])=C(C[n+]3cccc4ccoc43)CS[C@H]12)c1cc(N)n[nH]1. The quantitative estimate of drug-likeness (QED) is 0.151. The average molecular weight is 497 g/mol. The third-order valence-electron chi connectivity index (χ3n) is 5.62. The number of H-pyrrole nitrogens is 1. The van der Waals surface area contributed by atoms with Gasteiger partial charge in [0.1, 0.15) is 24.3 Å². The Morgan fingerprint density at radius 3 is 3.03 bits per heavy atom. The van der Waals surface area contributed by atoms with Gasteiger partial charge in [-0.3, -0.25) is 19.6 Å². The van der Waals surface area contributed by atoms with Gasteiger partial charge < -0.3 is 30.2 Å². The third-order valence-corrected chi connectivity index (χ3v) is 6.96. The number of carbonyl (C=O) groups is 3. The lowest BCUT2D eigenvalue weighted by atomic mass is 10.0. The molecule has 5 heterocycles. The van der Waals surface area contributed by atoms with Crippen LogP contribution in [0.5, 0.6) is 0 Å². The highest BCUT2D eigenvalue weighted by Crippen LogP contribution is 2.40. The Morgan fingerprint density at radius 2 is 2.31 bits per heavy atom. The number of carbonyl (C=O) groups excluding carboxylic acids is 3. The minimum Gasteiger partial charge on any atom is -0.543 e. The molecule has 0 spiro atoms. The lowest BCUT2D eigenvalue weighted by Crippen LogP contribution is -2.71. The number of thioether (sulfide) groups is 1. The van der Waals surface area contributed by atoms with Crippen molar-refractivity contribution in [1.29, 1.82) is 0 Å². The van der Waals surface area contributed by atoms with Gasteiger partial charge in [-0.2, -0.15) is 9.67 Å². The van der Waals surface area contributed by atoms with Gasteiger partial charge in [-0.25, -0.2) is 0 Å². The zero-order valence-corrected chi connectivity index (χ0v) is 19.1. The molecule has 1 unspecified atom stereocenters. The maximum Gasteiger partial charge on any atom is 0.380 e. The number of carboxylic acid groups (broad SMARTS) is 1. The molecule has 0 bridgehead atoms. The van der Waals surface area contributed by atoms with Crippen molar-refractivity contribution in [1.82, 2.24) is 20.4 Å². The van der Waals surface area contributed by atoms with Crippen LogP contribution in [0.2, 0.25) is 0 Å². The van der Waals surface area contributed by atoms with Crippen LogP contribution < -0.4 is 20.7 Å². The average Bonchev–Trinajstić information content (AvgIpc) is 3.49. The minimum atomic E-state index is -1.47. The maximum absolute atomic E-state index is 13.0. The number of carboxylic acids is 1. The lowest BCUT2D eigenvalue weighted by Gasteiger charge is -2.50. The summed E-state index contributed by atoms with van der Waals surface area (Å²) < 4.78 is 7.28. The molecule has 1 saturated heterocycles. The number of nitrogens with zero attached hydrogens (tertiary/aromatic N) is 4. The second-order valence-electron chi connectivity index (χ2n) is 7.75. The maximum atomic E-state index is 13.0. The molecule has 0 aliphatic carbocycles. The highest BCUT2D eigenvalue weighted by molar-refractivity contribution is 8.00. The number of anilines is 1. The van der Waals surface area contributed by atoms with E-state index < -0.39 is 29.2 Å². The van der Waals surface area contributed by atoms with Crippen LogP contribution in [0.1, 0.15) is 5.69 Å². The summed E-state index contributed by atoms with van der Waals surface area (Å²) in [5.41, 5.74) is 6.49. The molecule has 3 aromatic heterocycles. The van der Waals surface area contributed by atoms with Crippen molar-refractivity contribution in [2.24, 2.45) is 5.16 Å². The molecule has 0 saturated carbocycles. The number of aromatic nitrogens is 3. The van der Waals surface area contributed by atoms with Crippen LogP contribution in [0, 0.1) is 0 Å². The van der Waals surface area contributed by atoms with Crippen LogP contribution in [0.3, 0.4) is 0 Å². The largest absolute Gasteiger partial charge is 0.543 e. The van der Waals surface area contributed by atoms with Gasteiger partial charge in [-0.1, -0.05) is 5.16 Å². The number of fused-ring (bicyclic) bond motifs is 2. The molecule has 180 valence electrons. The van der Waals surface area contributed by atoms with Gasteiger partial charge in [0.15, 0.2) is 18.5 Å². The van der Waals surface area contributed by atoms with Crippen LogP contribution in [-0.2, 0) is 25.8 Å². The van der Waals surface area contributed by atoms with E-state index in [0.717, 1.165) is 10.3 Å². The number of nitrogens with one attached hydrogen (secondary N) is 2. The van der Waals surface area contributed by atoms with Gasteiger partial charge in [0.05, 0.1) is 29.0 Å². The summed E-state index contributed by atoms with van der Waals surface area (Å²) in [6, 6.07) is 5.92. The van der Waals surface area contributed by atoms with Crippen LogP contribution >= 0.6 is 11.8 Å². The molecule has 35 heavy (non-hydrogen) atoms. The number of hydrogen-bond acceptors (Lipinski definition) is 10. The highest BCUT2D eigenvalue weighted by atomic mass is 32.2. The standard InChI is InChI=1S/C21H19N7O6S/c1-33-26-14(12-7-13(22)25-24-12)17(29)23-15-18(30)28-16(21(31)32)11(9-35-20(15)28)8-27-5-2-3-10-4-6-34-19(10)27/h2-7,15,20H,8-9H2,1H3,(H4-,22,23,24,25,26,29,31,32)/t15?,20-/m1/s1. The number of amides is 2. The van der Waals surface area contributed by atoms with E-state index in [1.807, 2.05) is 12.1 Å². The van der Waals surface area contributed by atoms with E-state index in [-0.39, 0.29) is 29.5 Å². The van der Waals surface area contributed by atoms with E-state index in [1.54, 1.807) is 23.1 Å². The van der Waals surface area contributed by atoms with E-state index >= 15 is 0 Å². The molecule has 14 heteroatoms. The molecule has 0 aromatic carbocycles. The number of hydrogen-bond donors (Lipinski definition) is 3. The third kappa shape index (κ3) is 3.86. The van der Waals surface area contributed by atoms with Crippen molar-refractivity contribution in [2.45, 2.75) is 18.0 Å². The fourth-order valence-electron chi connectivity index (χ4n) is 4.09. The highest BCUT2D eigenvalue weighted by Gasteiger charge is 2.53. The second-order valence-corrected chi connectivity index (χ2v) is 8.85. The van der Waals surface area contributed by atoms with Crippen molar-refractivity contribution >= 4 is 52.2 Å². The Labute approximate surface area is 201 Å². The Hall–Kier alpha value is -4.33. The van der Waals surface area contributed by atoms with Crippen LogP contribution in [0.4, 0.5) is 5.82 Å². The van der Waals surface area contributed by atoms with Crippen molar-refractivity contribution < 1.29 is 33.3 Å². The smallest absolute Gasteiger partial charge is 0.380 e. The molecule has 0 radical (unpaired) electrons. The van der Waals surface area contributed by atoms with Gasteiger partial charge >= 0.3 is 5.71 Å². The first-order valence-electron chi connectivity index (χ1n) is 10.4. The zero-order valence-electron chi connectivity index (χ0n) is 18.3. The summed E-state index contributed by atoms with van der Waals surface area (Å²) in [6.07, 6.45) is 3.31. The van der Waals surface area contributed by atoms with Crippen molar-refractivity contribution in [2.75, 3.05) is 18.6 Å². The van der Waals surface area contributed by atoms with Crippen molar-refractivity contribution in [3.8, 4) is 0 Å². The fraction of sp³-hybridized carbons (Fsp3) is 0.238. The summed E-state index contributed by atoms with van der Waals surface area (Å²) in [6.45, 7) is 0.195. The molecule has 3 aromatic rings. The Morgan fingerprint density at radius 1 is 1.49 bits per heavy atom. The van der Waals surface area contributed by atoms with E-state index in [2.05, 4.69) is 20.7 Å². The van der Waals surface area contributed by atoms with Crippen molar-refractivity contribution in [3.63, 3.8) is 0 Å². The molecular formula is C21H19N7O6S. The Bertz CT molecular complexity index is 1410. The summed E-state index contributed by atoms with van der Waals surface area (Å²) in [7, 11) is 1.26. The fourth-order valence-corrected chi connectivity index (χ4v) is 5.42. The number of nitrogens with two attached hydrogens (primary N) is 1. The van der Waals surface area contributed by atoms with Crippen molar-refractivity contribution in [3.05, 3.63) is 53.7 Å². The van der Waals surface area contributed by atoms with Crippen LogP contribution in [0.15, 0.2) is 57.6 Å². The monoisotopic (exact) mass is 497 g/mol. The molecule has 2 aliphatic heterocycles.